The Morgan fingerprint density at radius 3 is 2.00 bits per heavy atom. The van der Waals surface area contributed by atoms with Gasteiger partial charge >= 0.3 is 0 Å². The van der Waals surface area contributed by atoms with Crippen molar-refractivity contribution >= 4 is 29.1 Å². The molecule has 7 heteroatoms. The average molecular weight is 391 g/mol. The number of benzene rings is 2. The van der Waals surface area contributed by atoms with Crippen LogP contribution in [0.3, 0.4) is 0 Å². The van der Waals surface area contributed by atoms with E-state index in [-0.39, 0.29) is 11.8 Å². The predicted octanol–water partition coefficient (Wildman–Crippen LogP) is 3.75. The number of halogens is 1. The topological polar surface area (TPSA) is 76.7 Å². The highest BCUT2D eigenvalue weighted by atomic mass is 35.5. The number of carbonyl (C=O) groups is 2. The van der Waals surface area contributed by atoms with E-state index in [4.69, 9.17) is 21.1 Å². The first kappa shape index (κ1) is 20.6. The van der Waals surface area contributed by atoms with Crippen molar-refractivity contribution in [3.8, 4) is 11.5 Å². The van der Waals surface area contributed by atoms with Gasteiger partial charge < -0.3 is 20.1 Å². The third kappa shape index (κ3) is 5.62. The van der Waals surface area contributed by atoms with E-state index in [1.807, 2.05) is 13.8 Å². The van der Waals surface area contributed by atoms with E-state index in [2.05, 4.69) is 10.6 Å². The highest BCUT2D eigenvalue weighted by Crippen LogP contribution is 2.23. The van der Waals surface area contributed by atoms with Crippen LogP contribution in [0.1, 0.15) is 24.2 Å². The van der Waals surface area contributed by atoms with E-state index >= 15 is 0 Å². The Kier molecular flexibility index (Phi) is 7.07. The second-order valence-electron chi connectivity index (χ2n) is 6.29. The maximum absolute atomic E-state index is 12.7. The maximum atomic E-state index is 12.7. The molecule has 0 radical (unpaired) electrons. The number of carbonyl (C=O) groups excluding carboxylic acids is 2. The van der Waals surface area contributed by atoms with Crippen LogP contribution in [0.25, 0.3) is 0 Å². The summed E-state index contributed by atoms with van der Waals surface area (Å²) in [6, 6.07) is 10.9. The molecule has 0 aromatic heterocycles. The second kappa shape index (κ2) is 9.28. The minimum Gasteiger partial charge on any atom is -0.497 e. The minimum atomic E-state index is -0.717. The number of methoxy groups -OCH3 is 2. The summed E-state index contributed by atoms with van der Waals surface area (Å²) in [7, 11) is 3.01. The lowest BCUT2D eigenvalue weighted by Gasteiger charge is -2.22. The molecule has 2 aromatic rings. The summed E-state index contributed by atoms with van der Waals surface area (Å²) in [6.07, 6.45) is 0. The van der Waals surface area contributed by atoms with Gasteiger partial charge in [-0.1, -0.05) is 25.4 Å². The Balaban J connectivity index is 2.16. The number of hydrogen-bond donors (Lipinski definition) is 2. The quantitative estimate of drug-likeness (QED) is 0.754. The number of nitrogens with one attached hydrogen (secondary N) is 2. The lowest BCUT2D eigenvalue weighted by molar-refractivity contribution is -0.118. The summed E-state index contributed by atoms with van der Waals surface area (Å²) in [5, 5.41) is 6.15. The zero-order valence-corrected chi connectivity index (χ0v) is 16.5. The van der Waals surface area contributed by atoms with Gasteiger partial charge in [0.25, 0.3) is 5.91 Å². The first-order valence-electron chi connectivity index (χ1n) is 8.44. The lowest BCUT2D eigenvalue weighted by atomic mass is 10.0. The number of rotatable bonds is 7. The van der Waals surface area contributed by atoms with Gasteiger partial charge in [-0.3, -0.25) is 9.59 Å². The largest absolute Gasteiger partial charge is 0.497 e. The van der Waals surface area contributed by atoms with E-state index in [9.17, 15) is 9.59 Å². The van der Waals surface area contributed by atoms with Gasteiger partial charge in [0.15, 0.2) is 0 Å². The zero-order valence-electron chi connectivity index (χ0n) is 15.7. The van der Waals surface area contributed by atoms with Gasteiger partial charge in [-0.2, -0.15) is 0 Å². The van der Waals surface area contributed by atoms with E-state index < -0.39 is 11.9 Å². The van der Waals surface area contributed by atoms with Gasteiger partial charge in [0.05, 0.1) is 14.2 Å². The molecule has 144 valence electrons. The summed E-state index contributed by atoms with van der Waals surface area (Å²) in [4.78, 5) is 25.3. The Morgan fingerprint density at radius 1 is 0.963 bits per heavy atom. The zero-order chi connectivity index (χ0) is 20.0. The predicted molar refractivity (Wildman–Crippen MR) is 106 cm³/mol. The Bertz CT molecular complexity index is 784. The van der Waals surface area contributed by atoms with Gasteiger partial charge in [0.1, 0.15) is 17.5 Å². The third-order valence-electron chi connectivity index (χ3n) is 3.96. The molecule has 0 aliphatic carbocycles. The minimum absolute atomic E-state index is 0.117. The standard InChI is InChI=1S/C20H23ClN2O4/c1-12(2)18(20(25)22-15-7-5-14(21)6-8-15)23-19(24)13-9-16(26-3)11-17(10-13)27-4/h5-12,18H,1-4H3,(H,22,25)(H,23,24)/t18-/m0/s1. The van der Waals surface area contributed by atoms with Crippen LogP contribution in [0.2, 0.25) is 5.02 Å². The van der Waals surface area contributed by atoms with Gasteiger partial charge in [0, 0.05) is 22.3 Å². The highest BCUT2D eigenvalue weighted by Gasteiger charge is 2.25. The van der Waals surface area contributed by atoms with Gasteiger partial charge in [-0.25, -0.2) is 0 Å². The fourth-order valence-electron chi connectivity index (χ4n) is 2.45. The molecule has 0 aliphatic rings. The average Bonchev–Trinajstić information content (AvgIpc) is 2.66. The summed E-state index contributed by atoms with van der Waals surface area (Å²) < 4.78 is 10.4. The smallest absolute Gasteiger partial charge is 0.252 e. The first-order chi connectivity index (χ1) is 12.8. The molecule has 0 saturated heterocycles. The molecule has 2 N–H and O–H groups in total. The number of anilines is 1. The Labute approximate surface area is 163 Å². The van der Waals surface area contributed by atoms with E-state index in [1.165, 1.54) is 14.2 Å². The fourth-order valence-corrected chi connectivity index (χ4v) is 2.58. The van der Waals surface area contributed by atoms with Crippen molar-refractivity contribution in [2.24, 2.45) is 5.92 Å². The number of ether oxygens (including phenoxy) is 2. The van der Waals surface area contributed by atoms with E-state index in [1.54, 1.807) is 42.5 Å². The molecule has 0 saturated carbocycles. The van der Waals surface area contributed by atoms with Crippen molar-refractivity contribution in [3.05, 3.63) is 53.1 Å². The van der Waals surface area contributed by atoms with Crippen LogP contribution in [0.5, 0.6) is 11.5 Å². The van der Waals surface area contributed by atoms with Crippen LogP contribution in [0.4, 0.5) is 5.69 Å². The van der Waals surface area contributed by atoms with Crippen LogP contribution in [0, 0.1) is 5.92 Å². The Morgan fingerprint density at radius 2 is 1.52 bits per heavy atom. The third-order valence-corrected chi connectivity index (χ3v) is 4.21. The van der Waals surface area contributed by atoms with Crippen LogP contribution in [0.15, 0.2) is 42.5 Å². The molecule has 0 spiro atoms. The second-order valence-corrected chi connectivity index (χ2v) is 6.73. The Hall–Kier alpha value is -2.73. The van der Waals surface area contributed by atoms with E-state index in [0.717, 1.165) is 0 Å². The lowest BCUT2D eigenvalue weighted by Crippen LogP contribution is -2.47. The van der Waals surface area contributed by atoms with Crippen molar-refractivity contribution < 1.29 is 19.1 Å². The molecule has 0 heterocycles. The molecule has 2 rings (SSSR count). The normalized spacial score (nSPS) is 11.6. The molecule has 1 atom stereocenters. The SMILES string of the molecule is COc1cc(OC)cc(C(=O)N[C@H](C(=O)Nc2ccc(Cl)cc2)C(C)C)c1. The van der Waals surface area contributed by atoms with Gasteiger partial charge in [0.2, 0.25) is 5.91 Å². The van der Waals surface area contributed by atoms with E-state index in [0.29, 0.717) is 27.8 Å². The van der Waals surface area contributed by atoms with Crippen LogP contribution >= 0.6 is 11.6 Å². The van der Waals surface area contributed by atoms with Crippen molar-refractivity contribution in [1.82, 2.24) is 5.32 Å². The summed E-state index contributed by atoms with van der Waals surface area (Å²) in [6.45, 7) is 3.72. The van der Waals surface area contributed by atoms with Crippen LogP contribution in [-0.2, 0) is 4.79 Å². The first-order valence-corrected chi connectivity index (χ1v) is 8.82. The van der Waals surface area contributed by atoms with Gasteiger partial charge in [-0.05, 0) is 42.3 Å². The van der Waals surface area contributed by atoms with Crippen molar-refractivity contribution in [2.45, 2.75) is 19.9 Å². The fraction of sp³-hybridized carbons (Fsp3) is 0.300. The van der Waals surface area contributed by atoms with Crippen molar-refractivity contribution in [3.63, 3.8) is 0 Å². The summed E-state index contributed by atoms with van der Waals surface area (Å²) in [5.41, 5.74) is 0.948. The van der Waals surface area contributed by atoms with Crippen molar-refractivity contribution in [2.75, 3.05) is 19.5 Å². The van der Waals surface area contributed by atoms with Crippen LogP contribution in [-0.4, -0.2) is 32.1 Å². The molecule has 0 aliphatic heterocycles. The molecule has 2 aromatic carbocycles. The van der Waals surface area contributed by atoms with Gasteiger partial charge in [-0.15, -0.1) is 0 Å². The summed E-state index contributed by atoms with van der Waals surface area (Å²) >= 11 is 5.86. The number of amides is 2. The molecule has 27 heavy (non-hydrogen) atoms. The molecule has 0 unspecified atom stereocenters. The molecule has 0 fully saturated rings. The molecule has 2 amide bonds. The van der Waals surface area contributed by atoms with Crippen molar-refractivity contribution in [1.29, 1.82) is 0 Å². The van der Waals surface area contributed by atoms with Crippen LogP contribution < -0.4 is 20.1 Å². The molecule has 6 nitrogen and oxygen atoms in total. The number of hydrogen-bond acceptors (Lipinski definition) is 4. The highest BCUT2D eigenvalue weighted by molar-refractivity contribution is 6.30. The molecular weight excluding hydrogens is 368 g/mol. The maximum Gasteiger partial charge on any atom is 0.252 e. The monoisotopic (exact) mass is 390 g/mol. The molecular formula is C20H23ClN2O4. The molecule has 0 bridgehead atoms. The summed E-state index contributed by atoms with van der Waals surface area (Å²) in [5.74, 6) is 0.166.